The van der Waals surface area contributed by atoms with Crippen LogP contribution in [-0.2, 0) is 6.42 Å². The summed E-state index contributed by atoms with van der Waals surface area (Å²) in [6.45, 7) is 5.31. The number of benzene rings is 1. The molecule has 1 aromatic rings. The second kappa shape index (κ2) is 7.83. The van der Waals surface area contributed by atoms with Gasteiger partial charge in [0, 0.05) is 6.04 Å². The number of rotatable bonds is 7. The molecule has 1 aromatic carbocycles. The average Bonchev–Trinajstić information content (AvgIpc) is 2.31. The van der Waals surface area contributed by atoms with Gasteiger partial charge in [-0.15, -0.1) is 0 Å². The van der Waals surface area contributed by atoms with Crippen LogP contribution >= 0.6 is 15.9 Å². The lowest BCUT2D eigenvalue weighted by molar-refractivity contribution is 0.473. The standard InChI is InChI=1S/C14H21BrFN/c1-3-5-6-12(17-4-2)9-11-7-8-14(16)13(15)10-11/h7-8,10,12,17H,3-6,9H2,1-2H3. The van der Waals surface area contributed by atoms with Crippen LogP contribution in [-0.4, -0.2) is 12.6 Å². The smallest absolute Gasteiger partial charge is 0.137 e. The van der Waals surface area contributed by atoms with Crippen LogP contribution in [0.2, 0.25) is 0 Å². The first-order valence-electron chi connectivity index (χ1n) is 6.34. The van der Waals surface area contributed by atoms with Gasteiger partial charge in [0.05, 0.1) is 4.47 Å². The second-order valence-corrected chi connectivity index (χ2v) is 5.20. The molecule has 1 atom stereocenters. The van der Waals surface area contributed by atoms with Crippen LogP contribution in [0, 0.1) is 5.82 Å². The number of hydrogen-bond acceptors (Lipinski definition) is 1. The molecule has 96 valence electrons. The Labute approximate surface area is 112 Å². The minimum absolute atomic E-state index is 0.192. The highest BCUT2D eigenvalue weighted by molar-refractivity contribution is 9.10. The first-order valence-corrected chi connectivity index (χ1v) is 7.14. The third-order valence-electron chi connectivity index (χ3n) is 2.87. The van der Waals surface area contributed by atoms with E-state index in [1.54, 1.807) is 0 Å². The highest BCUT2D eigenvalue weighted by Crippen LogP contribution is 2.18. The quantitative estimate of drug-likeness (QED) is 0.792. The van der Waals surface area contributed by atoms with Gasteiger partial charge < -0.3 is 5.32 Å². The summed E-state index contributed by atoms with van der Waals surface area (Å²) in [7, 11) is 0. The molecule has 0 aliphatic carbocycles. The monoisotopic (exact) mass is 301 g/mol. The Kier molecular flexibility index (Phi) is 6.75. The second-order valence-electron chi connectivity index (χ2n) is 4.35. The Morgan fingerprint density at radius 1 is 1.35 bits per heavy atom. The van der Waals surface area contributed by atoms with Crippen LogP contribution in [0.4, 0.5) is 4.39 Å². The molecule has 1 nitrogen and oxygen atoms in total. The molecule has 0 aliphatic rings. The molecule has 1 N–H and O–H groups in total. The molecule has 0 radical (unpaired) electrons. The number of likely N-dealkylation sites (N-methyl/N-ethyl adjacent to an activating group) is 1. The van der Waals surface area contributed by atoms with Crippen LogP contribution in [0.1, 0.15) is 38.7 Å². The molecule has 0 aromatic heterocycles. The van der Waals surface area contributed by atoms with Gasteiger partial charge in [-0.05, 0) is 53.0 Å². The van der Waals surface area contributed by atoms with Gasteiger partial charge in [-0.3, -0.25) is 0 Å². The van der Waals surface area contributed by atoms with E-state index in [9.17, 15) is 4.39 Å². The van der Waals surface area contributed by atoms with E-state index in [0.717, 1.165) is 13.0 Å². The maximum absolute atomic E-state index is 13.1. The van der Waals surface area contributed by atoms with E-state index in [4.69, 9.17) is 0 Å². The van der Waals surface area contributed by atoms with Crippen LogP contribution < -0.4 is 5.32 Å². The van der Waals surface area contributed by atoms with Crippen molar-refractivity contribution in [3.8, 4) is 0 Å². The molecule has 0 amide bonds. The summed E-state index contributed by atoms with van der Waals surface area (Å²) in [6, 6.07) is 5.78. The molecule has 0 saturated heterocycles. The van der Waals surface area contributed by atoms with Crippen molar-refractivity contribution < 1.29 is 4.39 Å². The molecule has 0 saturated carbocycles. The Morgan fingerprint density at radius 3 is 2.71 bits per heavy atom. The molecule has 0 fully saturated rings. The first kappa shape index (κ1) is 14.7. The molecular weight excluding hydrogens is 281 g/mol. The fourth-order valence-corrected chi connectivity index (χ4v) is 2.39. The summed E-state index contributed by atoms with van der Waals surface area (Å²) in [5, 5.41) is 3.49. The van der Waals surface area contributed by atoms with E-state index in [0.29, 0.717) is 10.5 Å². The van der Waals surface area contributed by atoms with E-state index >= 15 is 0 Å². The zero-order valence-corrected chi connectivity index (χ0v) is 12.2. The van der Waals surface area contributed by atoms with Gasteiger partial charge >= 0.3 is 0 Å². The average molecular weight is 302 g/mol. The van der Waals surface area contributed by atoms with Gasteiger partial charge in [-0.1, -0.05) is 32.8 Å². The Morgan fingerprint density at radius 2 is 2.12 bits per heavy atom. The van der Waals surface area contributed by atoms with Gasteiger partial charge in [0.25, 0.3) is 0 Å². The van der Waals surface area contributed by atoms with Crippen molar-refractivity contribution in [2.45, 2.75) is 45.6 Å². The van der Waals surface area contributed by atoms with Crippen molar-refractivity contribution in [2.75, 3.05) is 6.54 Å². The summed E-state index contributed by atoms with van der Waals surface area (Å²) >= 11 is 3.23. The van der Waals surface area contributed by atoms with Gasteiger partial charge in [-0.2, -0.15) is 0 Å². The van der Waals surface area contributed by atoms with E-state index in [2.05, 4.69) is 35.1 Å². The molecule has 1 rings (SSSR count). The predicted octanol–water partition coefficient (Wildman–Crippen LogP) is 4.30. The Balaban J connectivity index is 2.61. The summed E-state index contributed by atoms with van der Waals surface area (Å²) in [4.78, 5) is 0. The third-order valence-corrected chi connectivity index (χ3v) is 3.47. The molecule has 0 heterocycles. The van der Waals surface area contributed by atoms with Crippen LogP contribution in [0.25, 0.3) is 0 Å². The van der Waals surface area contributed by atoms with E-state index in [-0.39, 0.29) is 5.82 Å². The molecule has 17 heavy (non-hydrogen) atoms. The SMILES string of the molecule is CCCCC(Cc1ccc(F)c(Br)c1)NCC. The molecule has 3 heteroatoms. The fourth-order valence-electron chi connectivity index (χ4n) is 1.97. The number of halogens is 2. The zero-order valence-electron chi connectivity index (χ0n) is 10.6. The van der Waals surface area contributed by atoms with Crippen molar-refractivity contribution >= 4 is 15.9 Å². The molecular formula is C14H21BrFN. The lowest BCUT2D eigenvalue weighted by Gasteiger charge is -2.17. The normalized spacial score (nSPS) is 12.7. The topological polar surface area (TPSA) is 12.0 Å². The van der Waals surface area contributed by atoms with Crippen LogP contribution in [0.3, 0.4) is 0 Å². The lowest BCUT2D eigenvalue weighted by Crippen LogP contribution is -2.30. The summed E-state index contributed by atoms with van der Waals surface area (Å²) in [5.41, 5.74) is 1.18. The predicted molar refractivity (Wildman–Crippen MR) is 74.8 cm³/mol. The van der Waals surface area contributed by atoms with E-state index < -0.39 is 0 Å². The lowest BCUT2D eigenvalue weighted by atomic mass is 10.0. The summed E-state index contributed by atoms with van der Waals surface area (Å²) in [6.07, 6.45) is 4.60. The highest BCUT2D eigenvalue weighted by Gasteiger charge is 2.09. The van der Waals surface area contributed by atoms with Gasteiger partial charge in [-0.25, -0.2) is 4.39 Å². The summed E-state index contributed by atoms with van der Waals surface area (Å²) < 4.78 is 13.7. The van der Waals surface area contributed by atoms with Crippen molar-refractivity contribution in [1.29, 1.82) is 0 Å². The number of unbranched alkanes of at least 4 members (excludes halogenated alkanes) is 1. The zero-order chi connectivity index (χ0) is 12.7. The third kappa shape index (κ3) is 5.17. The summed E-state index contributed by atoms with van der Waals surface area (Å²) in [5.74, 6) is -0.192. The van der Waals surface area contributed by atoms with Crippen molar-refractivity contribution in [2.24, 2.45) is 0 Å². The minimum Gasteiger partial charge on any atom is -0.314 e. The number of hydrogen-bond donors (Lipinski definition) is 1. The van der Waals surface area contributed by atoms with Crippen molar-refractivity contribution in [1.82, 2.24) is 5.32 Å². The Hall–Kier alpha value is -0.410. The maximum atomic E-state index is 13.1. The largest absolute Gasteiger partial charge is 0.314 e. The van der Waals surface area contributed by atoms with Gasteiger partial charge in [0.15, 0.2) is 0 Å². The molecule has 0 aliphatic heterocycles. The van der Waals surface area contributed by atoms with Crippen LogP contribution in [0.15, 0.2) is 22.7 Å². The number of nitrogens with one attached hydrogen (secondary N) is 1. The van der Waals surface area contributed by atoms with Crippen molar-refractivity contribution in [3.05, 3.63) is 34.1 Å². The molecule has 0 bridgehead atoms. The molecule has 1 unspecified atom stereocenters. The highest BCUT2D eigenvalue weighted by atomic mass is 79.9. The fraction of sp³-hybridized carbons (Fsp3) is 0.571. The maximum Gasteiger partial charge on any atom is 0.137 e. The van der Waals surface area contributed by atoms with E-state index in [1.165, 1.54) is 30.9 Å². The van der Waals surface area contributed by atoms with Gasteiger partial charge in [0.1, 0.15) is 5.82 Å². The minimum atomic E-state index is -0.192. The first-order chi connectivity index (χ1) is 8.17. The van der Waals surface area contributed by atoms with Crippen molar-refractivity contribution in [3.63, 3.8) is 0 Å². The Bertz CT molecular complexity index is 341. The van der Waals surface area contributed by atoms with Crippen LogP contribution in [0.5, 0.6) is 0 Å². The van der Waals surface area contributed by atoms with E-state index in [1.807, 2.05) is 12.1 Å². The molecule has 0 spiro atoms. The van der Waals surface area contributed by atoms with Gasteiger partial charge in [0.2, 0.25) is 0 Å².